The molecule has 1 aromatic heterocycles. The van der Waals surface area contributed by atoms with E-state index in [2.05, 4.69) is 38.6 Å². The van der Waals surface area contributed by atoms with Crippen LogP contribution in [0.25, 0.3) is 0 Å². The molecule has 3 N–H and O–H groups in total. The van der Waals surface area contributed by atoms with E-state index in [1.807, 2.05) is 6.07 Å². The molecule has 1 aromatic rings. The number of unbranched alkanes of at least 4 members (excludes halogenated alkanes) is 1. The second-order valence-electron chi connectivity index (χ2n) is 7.01. The maximum absolute atomic E-state index is 10.6. The van der Waals surface area contributed by atoms with Crippen molar-refractivity contribution in [1.82, 2.24) is 19.8 Å². The Morgan fingerprint density at radius 2 is 2.00 bits per heavy atom. The van der Waals surface area contributed by atoms with E-state index in [0.717, 1.165) is 62.3 Å². The van der Waals surface area contributed by atoms with E-state index in [9.17, 15) is 5.11 Å². The topological polar surface area (TPSA) is 81.7 Å². The lowest BCUT2D eigenvalue weighted by molar-refractivity contribution is 0.0512. The Bertz CT molecular complexity index is 566. The Morgan fingerprint density at radius 3 is 2.72 bits per heavy atom. The van der Waals surface area contributed by atoms with Crippen LogP contribution in [-0.4, -0.2) is 89.1 Å². The first-order chi connectivity index (χ1) is 12.1. The van der Waals surface area contributed by atoms with Gasteiger partial charge in [0.25, 0.3) is 0 Å². The van der Waals surface area contributed by atoms with E-state index in [0.29, 0.717) is 12.4 Å². The molecule has 2 fully saturated rings. The lowest BCUT2D eigenvalue weighted by Crippen LogP contribution is -2.52. The second-order valence-corrected chi connectivity index (χ2v) is 8.08. The van der Waals surface area contributed by atoms with Gasteiger partial charge >= 0.3 is 0 Å². The number of aliphatic hydroxyl groups is 1. The number of piperazine rings is 1. The Balaban J connectivity index is 1.66. The maximum atomic E-state index is 10.6. The van der Waals surface area contributed by atoms with Crippen molar-refractivity contribution in [3.63, 3.8) is 0 Å². The Hall–Kier alpha value is -1.09. The van der Waals surface area contributed by atoms with Gasteiger partial charge in [-0.15, -0.1) is 0 Å². The van der Waals surface area contributed by atoms with Gasteiger partial charge in [0.2, 0.25) is 0 Å². The van der Waals surface area contributed by atoms with Gasteiger partial charge in [0.1, 0.15) is 11.6 Å². The van der Waals surface area contributed by atoms with Crippen molar-refractivity contribution in [2.75, 3.05) is 62.7 Å². The molecule has 2 aliphatic rings. The summed E-state index contributed by atoms with van der Waals surface area (Å²) in [6, 6.07) is 1.99. The Labute approximate surface area is 154 Å². The van der Waals surface area contributed by atoms with E-state index in [4.69, 9.17) is 5.73 Å². The molecule has 2 saturated heterocycles. The van der Waals surface area contributed by atoms with Gasteiger partial charge in [-0.25, -0.2) is 9.97 Å². The van der Waals surface area contributed by atoms with Gasteiger partial charge in [0.15, 0.2) is 5.16 Å². The highest BCUT2D eigenvalue weighted by molar-refractivity contribution is 7.99. The van der Waals surface area contributed by atoms with Gasteiger partial charge in [-0.3, -0.25) is 4.90 Å². The number of thioether (sulfide) groups is 1. The van der Waals surface area contributed by atoms with Crippen LogP contribution in [0.15, 0.2) is 11.2 Å². The van der Waals surface area contributed by atoms with Crippen LogP contribution in [0.4, 0.5) is 11.6 Å². The summed E-state index contributed by atoms with van der Waals surface area (Å²) in [6.07, 6.45) is 1.95. The first-order valence-electron chi connectivity index (χ1n) is 9.19. The maximum Gasteiger partial charge on any atom is 0.191 e. The van der Waals surface area contributed by atoms with Gasteiger partial charge in [0, 0.05) is 51.1 Å². The molecule has 3 rings (SSSR count). The number of β-amino-alcohol motifs (C(OH)–C–C–N with tert-alkyl or cyclic N) is 1. The van der Waals surface area contributed by atoms with Crippen molar-refractivity contribution in [2.24, 2.45) is 0 Å². The normalized spacial score (nSPS) is 25.6. The predicted molar refractivity (Wildman–Crippen MR) is 103 cm³/mol. The number of aliphatic hydroxyl groups excluding tert-OH is 1. The molecule has 0 unspecified atom stereocenters. The summed E-state index contributed by atoms with van der Waals surface area (Å²) in [7, 11) is 2.15. The molecule has 0 bridgehead atoms. The fourth-order valence-electron chi connectivity index (χ4n) is 3.43. The van der Waals surface area contributed by atoms with Crippen molar-refractivity contribution in [2.45, 2.75) is 37.1 Å². The monoisotopic (exact) mass is 366 g/mol. The number of likely N-dealkylation sites (N-methyl/N-ethyl adjacent to an activating group) is 1. The summed E-state index contributed by atoms with van der Waals surface area (Å²) in [5.74, 6) is 2.34. The molecule has 0 radical (unpaired) electrons. The van der Waals surface area contributed by atoms with Crippen molar-refractivity contribution >= 4 is 23.4 Å². The molecule has 0 saturated carbocycles. The van der Waals surface area contributed by atoms with Crippen LogP contribution in [-0.2, 0) is 0 Å². The van der Waals surface area contributed by atoms with Crippen molar-refractivity contribution in [1.29, 1.82) is 0 Å². The summed E-state index contributed by atoms with van der Waals surface area (Å²) in [4.78, 5) is 15.9. The van der Waals surface area contributed by atoms with Crippen LogP contribution in [0.3, 0.4) is 0 Å². The zero-order valence-corrected chi connectivity index (χ0v) is 16.1. The molecule has 2 atom stereocenters. The van der Waals surface area contributed by atoms with E-state index in [1.54, 1.807) is 11.8 Å². The summed E-state index contributed by atoms with van der Waals surface area (Å²) in [5.41, 5.74) is 5.99. The number of hydrogen-bond acceptors (Lipinski definition) is 8. The molecular formula is C17H30N6OS. The number of aromatic nitrogens is 2. The standard InChI is InChI=1S/C17H30N6OS/c1-3-4-9-25-17-19-15(18)10-16(20-17)23-11-13(14(24)12-23)22-7-5-21(2)6-8-22/h10,13-14,24H,3-9,11-12H2,1-2H3,(H2,18,19,20)/t13-,14-/m0/s1. The minimum Gasteiger partial charge on any atom is -0.390 e. The molecule has 0 spiro atoms. The Morgan fingerprint density at radius 1 is 1.24 bits per heavy atom. The molecule has 25 heavy (non-hydrogen) atoms. The van der Waals surface area contributed by atoms with Crippen molar-refractivity contribution in [3.8, 4) is 0 Å². The molecule has 2 aliphatic heterocycles. The Kier molecular flexibility index (Phi) is 6.38. The molecule has 0 amide bonds. The van der Waals surface area contributed by atoms with Crippen molar-refractivity contribution in [3.05, 3.63) is 6.07 Å². The van der Waals surface area contributed by atoms with Gasteiger partial charge in [-0.2, -0.15) is 0 Å². The average Bonchev–Trinajstić information content (AvgIpc) is 2.97. The zero-order valence-electron chi connectivity index (χ0n) is 15.3. The van der Waals surface area contributed by atoms with E-state index in [1.165, 1.54) is 0 Å². The third kappa shape index (κ3) is 4.75. The fourth-order valence-corrected chi connectivity index (χ4v) is 4.38. The average molecular weight is 367 g/mol. The quantitative estimate of drug-likeness (QED) is 0.434. The number of nitrogen functional groups attached to an aromatic ring is 1. The van der Waals surface area contributed by atoms with Gasteiger partial charge in [-0.1, -0.05) is 25.1 Å². The van der Waals surface area contributed by atoms with E-state index >= 15 is 0 Å². The minimum atomic E-state index is -0.351. The van der Waals surface area contributed by atoms with Crippen LogP contribution in [0.1, 0.15) is 19.8 Å². The lowest BCUT2D eigenvalue weighted by Gasteiger charge is -2.37. The number of nitrogens with two attached hydrogens (primary N) is 1. The lowest BCUT2D eigenvalue weighted by atomic mass is 10.1. The highest BCUT2D eigenvalue weighted by Gasteiger charge is 2.37. The minimum absolute atomic E-state index is 0.168. The predicted octanol–water partition coefficient (Wildman–Crippen LogP) is 0.748. The number of nitrogens with zero attached hydrogens (tertiary/aromatic N) is 5. The van der Waals surface area contributed by atoms with Crippen LogP contribution < -0.4 is 10.6 Å². The SMILES string of the molecule is CCCCSc1nc(N)cc(N2C[C@H](O)[C@@H](N3CCN(C)CC3)C2)n1. The van der Waals surface area contributed by atoms with Crippen LogP contribution in [0, 0.1) is 0 Å². The summed E-state index contributed by atoms with van der Waals surface area (Å²) in [5, 5.41) is 11.3. The van der Waals surface area contributed by atoms with Crippen LogP contribution in [0.5, 0.6) is 0 Å². The van der Waals surface area contributed by atoms with Gasteiger partial charge in [0.05, 0.1) is 12.1 Å². The first-order valence-corrected chi connectivity index (χ1v) is 10.2. The molecule has 8 heteroatoms. The number of hydrogen-bond donors (Lipinski definition) is 2. The smallest absolute Gasteiger partial charge is 0.191 e. The summed E-state index contributed by atoms with van der Waals surface area (Å²) >= 11 is 1.65. The first kappa shape index (κ1) is 18.7. The molecule has 0 aliphatic carbocycles. The molecule has 3 heterocycles. The third-order valence-electron chi connectivity index (χ3n) is 5.03. The highest BCUT2D eigenvalue weighted by Crippen LogP contribution is 2.26. The molecule has 140 valence electrons. The number of rotatable bonds is 6. The van der Waals surface area contributed by atoms with E-state index in [-0.39, 0.29) is 12.1 Å². The highest BCUT2D eigenvalue weighted by atomic mass is 32.2. The molecular weight excluding hydrogens is 336 g/mol. The molecule has 0 aromatic carbocycles. The van der Waals surface area contributed by atoms with E-state index < -0.39 is 0 Å². The number of anilines is 2. The second kappa shape index (κ2) is 8.53. The van der Waals surface area contributed by atoms with Gasteiger partial charge < -0.3 is 20.6 Å². The van der Waals surface area contributed by atoms with Crippen LogP contribution in [0.2, 0.25) is 0 Å². The molecule has 7 nitrogen and oxygen atoms in total. The summed E-state index contributed by atoms with van der Waals surface area (Å²) < 4.78 is 0. The fraction of sp³-hybridized carbons (Fsp3) is 0.765. The third-order valence-corrected chi connectivity index (χ3v) is 5.96. The van der Waals surface area contributed by atoms with Crippen LogP contribution >= 0.6 is 11.8 Å². The van der Waals surface area contributed by atoms with Gasteiger partial charge in [-0.05, 0) is 13.5 Å². The van der Waals surface area contributed by atoms with Crippen molar-refractivity contribution < 1.29 is 5.11 Å². The summed E-state index contributed by atoms with van der Waals surface area (Å²) in [6.45, 7) is 7.71. The zero-order chi connectivity index (χ0) is 17.8. The largest absolute Gasteiger partial charge is 0.390 e.